The highest BCUT2D eigenvalue weighted by Gasteiger charge is 2.48. The van der Waals surface area contributed by atoms with Crippen LogP contribution in [0.5, 0.6) is 0 Å². The van der Waals surface area contributed by atoms with Gasteiger partial charge >= 0.3 is 0 Å². The van der Waals surface area contributed by atoms with Crippen LogP contribution in [0.4, 0.5) is 0 Å². The highest BCUT2D eigenvalue weighted by Crippen LogP contribution is 2.42. The molecule has 0 bridgehead atoms. The minimum atomic E-state index is 0.201. The van der Waals surface area contributed by atoms with Crippen LogP contribution < -0.4 is 0 Å². The van der Waals surface area contributed by atoms with E-state index >= 15 is 0 Å². The zero-order valence-electron chi connectivity index (χ0n) is 13.3. The smallest absolute Gasteiger partial charge is 0.223 e. The molecule has 118 valence electrons. The zero-order chi connectivity index (χ0) is 15.0. The molecular formula is C19H26N2O. The maximum atomic E-state index is 12.3. The van der Waals surface area contributed by atoms with Crippen molar-refractivity contribution in [2.75, 3.05) is 19.6 Å². The van der Waals surface area contributed by atoms with E-state index in [1.165, 1.54) is 18.4 Å². The molecule has 3 aliphatic rings. The third kappa shape index (κ3) is 2.79. The van der Waals surface area contributed by atoms with Gasteiger partial charge in [-0.05, 0) is 43.6 Å². The second kappa shape index (κ2) is 5.69. The fourth-order valence-electron chi connectivity index (χ4n) is 4.22. The van der Waals surface area contributed by atoms with E-state index in [2.05, 4.69) is 40.1 Å². The first-order valence-electron chi connectivity index (χ1n) is 8.82. The Labute approximate surface area is 133 Å². The van der Waals surface area contributed by atoms with Gasteiger partial charge in [0.1, 0.15) is 0 Å². The Morgan fingerprint density at radius 3 is 2.45 bits per heavy atom. The van der Waals surface area contributed by atoms with Gasteiger partial charge in [-0.25, -0.2) is 0 Å². The summed E-state index contributed by atoms with van der Waals surface area (Å²) in [6, 6.07) is 10.7. The largest absolute Gasteiger partial charge is 0.337 e. The molecule has 0 atom stereocenters. The topological polar surface area (TPSA) is 23.6 Å². The summed E-state index contributed by atoms with van der Waals surface area (Å²) >= 11 is 0. The van der Waals surface area contributed by atoms with Crippen molar-refractivity contribution in [2.45, 2.75) is 50.6 Å². The van der Waals surface area contributed by atoms with Gasteiger partial charge in [0.2, 0.25) is 5.91 Å². The third-order valence-corrected chi connectivity index (χ3v) is 5.85. The summed E-state index contributed by atoms with van der Waals surface area (Å²) in [6.45, 7) is 4.34. The van der Waals surface area contributed by atoms with Gasteiger partial charge in [0, 0.05) is 38.1 Å². The van der Waals surface area contributed by atoms with Crippen LogP contribution >= 0.6 is 0 Å². The van der Waals surface area contributed by atoms with Crippen molar-refractivity contribution in [1.82, 2.24) is 9.80 Å². The Balaban J connectivity index is 1.38. The van der Waals surface area contributed by atoms with E-state index in [0.717, 1.165) is 57.8 Å². The van der Waals surface area contributed by atoms with Crippen molar-refractivity contribution >= 4 is 5.91 Å². The lowest BCUT2D eigenvalue weighted by Gasteiger charge is -2.45. The maximum absolute atomic E-state index is 12.3. The van der Waals surface area contributed by atoms with E-state index in [1.54, 1.807) is 0 Å². The number of amides is 1. The SMILES string of the molecule is O=C1CCC2(CCN(Cc3ccccc3)CC2)N1CC1CC1. The summed E-state index contributed by atoms with van der Waals surface area (Å²) in [7, 11) is 0. The first kappa shape index (κ1) is 14.3. The molecule has 1 aromatic carbocycles. The molecule has 1 saturated carbocycles. The number of nitrogens with zero attached hydrogens (tertiary/aromatic N) is 2. The predicted molar refractivity (Wildman–Crippen MR) is 87.4 cm³/mol. The Kier molecular flexibility index (Phi) is 3.69. The zero-order valence-corrected chi connectivity index (χ0v) is 13.3. The maximum Gasteiger partial charge on any atom is 0.223 e. The van der Waals surface area contributed by atoms with Crippen LogP contribution in [0.2, 0.25) is 0 Å². The second-order valence-electron chi connectivity index (χ2n) is 7.43. The molecule has 1 spiro atoms. The number of benzene rings is 1. The summed E-state index contributed by atoms with van der Waals surface area (Å²) in [6.07, 6.45) is 6.87. The standard InChI is InChI=1S/C19H26N2O/c22-18-8-9-19(21(18)15-17-6-7-17)10-12-20(13-11-19)14-16-4-2-1-3-5-16/h1-5,17H,6-15H2. The van der Waals surface area contributed by atoms with Gasteiger partial charge in [-0.3, -0.25) is 9.69 Å². The van der Waals surface area contributed by atoms with Gasteiger partial charge in [0.15, 0.2) is 0 Å². The van der Waals surface area contributed by atoms with Gasteiger partial charge in [-0.15, -0.1) is 0 Å². The minimum Gasteiger partial charge on any atom is -0.337 e. The van der Waals surface area contributed by atoms with Crippen molar-refractivity contribution in [1.29, 1.82) is 0 Å². The Morgan fingerprint density at radius 2 is 1.77 bits per heavy atom. The van der Waals surface area contributed by atoms with Gasteiger partial charge in [0.25, 0.3) is 0 Å². The molecule has 0 radical (unpaired) electrons. The van der Waals surface area contributed by atoms with Crippen LogP contribution in [0.3, 0.4) is 0 Å². The van der Waals surface area contributed by atoms with Gasteiger partial charge in [-0.2, -0.15) is 0 Å². The summed E-state index contributed by atoms with van der Waals surface area (Å²) in [5, 5.41) is 0. The number of hydrogen-bond donors (Lipinski definition) is 0. The van der Waals surface area contributed by atoms with Crippen LogP contribution in [0.1, 0.15) is 44.1 Å². The van der Waals surface area contributed by atoms with E-state index < -0.39 is 0 Å². The van der Waals surface area contributed by atoms with E-state index in [9.17, 15) is 4.79 Å². The number of carbonyl (C=O) groups excluding carboxylic acids is 1. The molecule has 3 heteroatoms. The number of carbonyl (C=O) groups is 1. The molecular weight excluding hydrogens is 272 g/mol. The molecule has 4 rings (SSSR count). The first-order chi connectivity index (χ1) is 10.8. The summed E-state index contributed by atoms with van der Waals surface area (Å²) in [5.74, 6) is 1.23. The quantitative estimate of drug-likeness (QED) is 0.853. The molecule has 0 aromatic heterocycles. The molecule has 1 aromatic rings. The van der Waals surface area contributed by atoms with E-state index in [1.807, 2.05) is 0 Å². The Bertz CT molecular complexity index is 530. The molecule has 2 saturated heterocycles. The minimum absolute atomic E-state index is 0.201. The molecule has 0 N–H and O–H groups in total. The summed E-state index contributed by atoms with van der Waals surface area (Å²) in [4.78, 5) is 17.1. The average molecular weight is 298 g/mol. The van der Waals surface area contributed by atoms with Gasteiger partial charge in [-0.1, -0.05) is 30.3 Å². The third-order valence-electron chi connectivity index (χ3n) is 5.85. The molecule has 1 amide bonds. The monoisotopic (exact) mass is 298 g/mol. The van der Waals surface area contributed by atoms with Crippen molar-refractivity contribution in [3.63, 3.8) is 0 Å². The van der Waals surface area contributed by atoms with E-state index in [-0.39, 0.29) is 5.54 Å². The molecule has 22 heavy (non-hydrogen) atoms. The number of likely N-dealkylation sites (tertiary alicyclic amines) is 2. The number of hydrogen-bond acceptors (Lipinski definition) is 2. The van der Waals surface area contributed by atoms with Crippen molar-refractivity contribution < 1.29 is 4.79 Å². The average Bonchev–Trinajstić information content (AvgIpc) is 3.32. The highest BCUT2D eigenvalue weighted by atomic mass is 16.2. The summed E-state index contributed by atoms with van der Waals surface area (Å²) < 4.78 is 0. The summed E-state index contributed by atoms with van der Waals surface area (Å²) in [5.41, 5.74) is 1.60. The lowest BCUT2D eigenvalue weighted by Crippen LogP contribution is -2.53. The van der Waals surface area contributed by atoms with Crippen LogP contribution in [0, 0.1) is 5.92 Å². The number of rotatable bonds is 4. The van der Waals surface area contributed by atoms with Gasteiger partial charge < -0.3 is 4.90 Å². The molecule has 2 heterocycles. The van der Waals surface area contributed by atoms with E-state index in [4.69, 9.17) is 0 Å². The molecule has 2 aliphatic heterocycles. The van der Waals surface area contributed by atoms with Crippen LogP contribution in [0.15, 0.2) is 30.3 Å². The molecule has 3 fully saturated rings. The molecule has 3 nitrogen and oxygen atoms in total. The normalized spacial score (nSPS) is 25.1. The van der Waals surface area contributed by atoms with Crippen LogP contribution in [-0.4, -0.2) is 40.9 Å². The lowest BCUT2D eigenvalue weighted by atomic mass is 9.84. The van der Waals surface area contributed by atoms with Crippen molar-refractivity contribution in [3.8, 4) is 0 Å². The molecule has 0 unspecified atom stereocenters. The van der Waals surface area contributed by atoms with Gasteiger partial charge in [0.05, 0.1) is 0 Å². The predicted octanol–water partition coefficient (Wildman–Crippen LogP) is 3.05. The first-order valence-corrected chi connectivity index (χ1v) is 8.82. The fourth-order valence-corrected chi connectivity index (χ4v) is 4.22. The van der Waals surface area contributed by atoms with E-state index in [0.29, 0.717) is 5.91 Å². The Hall–Kier alpha value is -1.35. The van der Waals surface area contributed by atoms with Crippen molar-refractivity contribution in [2.24, 2.45) is 5.92 Å². The molecule has 1 aliphatic carbocycles. The van der Waals surface area contributed by atoms with Crippen molar-refractivity contribution in [3.05, 3.63) is 35.9 Å². The Morgan fingerprint density at radius 1 is 1.05 bits per heavy atom. The second-order valence-corrected chi connectivity index (χ2v) is 7.43. The fraction of sp³-hybridized carbons (Fsp3) is 0.632. The number of piperidine rings is 1. The van der Waals surface area contributed by atoms with Crippen LogP contribution in [-0.2, 0) is 11.3 Å². The lowest BCUT2D eigenvalue weighted by molar-refractivity contribution is -0.132. The highest BCUT2D eigenvalue weighted by molar-refractivity contribution is 5.79. The van der Waals surface area contributed by atoms with Crippen LogP contribution in [0.25, 0.3) is 0 Å².